The Morgan fingerprint density at radius 1 is 1.21 bits per heavy atom. The number of piperidine rings is 1. The molecule has 1 amide bonds. The van der Waals surface area contributed by atoms with Crippen molar-refractivity contribution in [3.63, 3.8) is 0 Å². The van der Waals surface area contributed by atoms with Crippen LogP contribution in [0.25, 0.3) is 10.6 Å². The van der Waals surface area contributed by atoms with Crippen molar-refractivity contribution in [1.82, 2.24) is 9.29 Å². The summed E-state index contributed by atoms with van der Waals surface area (Å²) in [7, 11) is -3.54. The van der Waals surface area contributed by atoms with Crippen molar-refractivity contribution in [3.8, 4) is 10.6 Å². The maximum atomic E-state index is 12.7. The van der Waals surface area contributed by atoms with E-state index in [4.69, 9.17) is 11.6 Å². The van der Waals surface area contributed by atoms with Crippen LogP contribution in [0.5, 0.6) is 0 Å². The Labute approximate surface area is 179 Å². The van der Waals surface area contributed by atoms with Gasteiger partial charge in [0.25, 0.3) is 10.0 Å². The van der Waals surface area contributed by atoms with Crippen LogP contribution < -0.4 is 5.32 Å². The van der Waals surface area contributed by atoms with E-state index in [1.165, 1.54) is 21.7 Å². The quantitative estimate of drug-likeness (QED) is 0.586. The van der Waals surface area contributed by atoms with Crippen molar-refractivity contribution in [2.45, 2.75) is 17.1 Å². The molecule has 1 N–H and O–H groups in total. The predicted octanol–water partition coefficient (Wildman–Crippen LogP) is 4.63. The molecule has 6 nitrogen and oxygen atoms in total. The summed E-state index contributed by atoms with van der Waals surface area (Å²) in [6.45, 7) is 0.627. The second-order valence-corrected chi connectivity index (χ2v) is 11.9. The molecule has 0 saturated carbocycles. The maximum Gasteiger partial charge on any atom is 0.252 e. The zero-order valence-corrected chi connectivity index (χ0v) is 18.5. The number of halogens is 1. The molecule has 3 aromatic heterocycles. The fourth-order valence-corrected chi connectivity index (χ4v) is 7.58. The van der Waals surface area contributed by atoms with Crippen molar-refractivity contribution >= 4 is 66.7 Å². The Morgan fingerprint density at radius 2 is 2.00 bits per heavy atom. The van der Waals surface area contributed by atoms with Crippen LogP contribution in [0.3, 0.4) is 0 Å². The van der Waals surface area contributed by atoms with E-state index >= 15 is 0 Å². The lowest BCUT2D eigenvalue weighted by atomic mass is 9.97. The number of anilines is 1. The Kier molecular flexibility index (Phi) is 5.86. The van der Waals surface area contributed by atoms with E-state index in [-0.39, 0.29) is 16.0 Å². The number of hydrogen-bond acceptors (Lipinski definition) is 7. The van der Waals surface area contributed by atoms with Crippen LogP contribution in [-0.4, -0.2) is 36.7 Å². The van der Waals surface area contributed by atoms with E-state index in [1.54, 1.807) is 17.4 Å². The maximum absolute atomic E-state index is 12.7. The summed E-state index contributed by atoms with van der Waals surface area (Å²) in [4.78, 5) is 18.1. The molecule has 0 spiro atoms. The third-order valence-electron chi connectivity index (χ3n) is 4.48. The number of thiazole rings is 1. The van der Waals surface area contributed by atoms with Gasteiger partial charge in [-0.15, -0.1) is 34.0 Å². The second kappa shape index (κ2) is 8.21. The Morgan fingerprint density at radius 3 is 2.64 bits per heavy atom. The fraction of sp³-hybridized carbons (Fsp3) is 0.294. The van der Waals surface area contributed by atoms with E-state index in [1.807, 2.05) is 22.9 Å². The lowest BCUT2D eigenvalue weighted by Crippen LogP contribution is -2.41. The van der Waals surface area contributed by atoms with Crippen LogP contribution in [0.4, 0.5) is 5.13 Å². The van der Waals surface area contributed by atoms with Crippen LogP contribution in [0, 0.1) is 5.92 Å². The zero-order valence-electron chi connectivity index (χ0n) is 14.5. The normalized spacial score (nSPS) is 16.3. The van der Waals surface area contributed by atoms with Gasteiger partial charge in [-0.25, -0.2) is 13.4 Å². The molecule has 28 heavy (non-hydrogen) atoms. The van der Waals surface area contributed by atoms with Crippen molar-refractivity contribution in [2.75, 3.05) is 18.4 Å². The first-order chi connectivity index (χ1) is 13.4. The molecular weight excluding hydrogens is 458 g/mol. The predicted molar refractivity (Wildman–Crippen MR) is 115 cm³/mol. The molecule has 4 rings (SSSR count). The third kappa shape index (κ3) is 4.17. The molecule has 4 heterocycles. The van der Waals surface area contributed by atoms with E-state index < -0.39 is 10.0 Å². The second-order valence-electron chi connectivity index (χ2n) is 6.24. The molecule has 148 valence electrons. The van der Waals surface area contributed by atoms with Crippen molar-refractivity contribution < 1.29 is 13.2 Å². The first-order valence-electron chi connectivity index (χ1n) is 8.49. The van der Waals surface area contributed by atoms with Crippen molar-refractivity contribution in [1.29, 1.82) is 0 Å². The molecule has 0 unspecified atom stereocenters. The van der Waals surface area contributed by atoms with E-state index in [0.29, 0.717) is 35.4 Å². The number of carbonyl (C=O) groups is 1. The standard InChI is InChI=1S/C17H16ClN3O3S4/c18-14-3-4-15(27-14)28(23,24)21-7-5-11(6-8-21)16(22)20-17-19-12(10-26-17)13-2-1-9-25-13/h1-4,9-11H,5-8H2,(H,19,20,22). The molecule has 1 aliphatic rings. The summed E-state index contributed by atoms with van der Waals surface area (Å²) in [5, 5.41) is 7.34. The van der Waals surface area contributed by atoms with Gasteiger partial charge in [0.05, 0.1) is 14.9 Å². The van der Waals surface area contributed by atoms with Gasteiger partial charge in [0, 0.05) is 24.4 Å². The number of rotatable bonds is 5. The molecular formula is C17H16ClN3O3S4. The highest BCUT2D eigenvalue weighted by Gasteiger charge is 2.33. The summed E-state index contributed by atoms with van der Waals surface area (Å²) < 4.78 is 27.4. The number of nitrogens with zero attached hydrogens (tertiary/aromatic N) is 2. The molecule has 0 atom stereocenters. The van der Waals surface area contributed by atoms with Gasteiger partial charge in [-0.05, 0) is 36.4 Å². The summed E-state index contributed by atoms with van der Waals surface area (Å²) in [5.41, 5.74) is 0.853. The average Bonchev–Trinajstić information content (AvgIpc) is 3.43. The summed E-state index contributed by atoms with van der Waals surface area (Å²) >= 11 is 9.90. The Balaban J connectivity index is 1.35. The molecule has 0 bridgehead atoms. The highest BCUT2D eigenvalue weighted by molar-refractivity contribution is 7.91. The minimum Gasteiger partial charge on any atom is -0.302 e. The third-order valence-corrected chi connectivity index (χ3v) is 9.72. The summed E-state index contributed by atoms with van der Waals surface area (Å²) in [6.07, 6.45) is 0.959. The number of thiophene rings is 2. The van der Waals surface area contributed by atoms with Gasteiger partial charge in [0.2, 0.25) is 5.91 Å². The molecule has 3 aromatic rings. The number of nitrogens with one attached hydrogen (secondary N) is 1. The summed E-state index contributed by atoms with van der Waals surface area (Å²) in [6, 6.07) is 7.05. The van der Waals surface area contributed by atoms with Crippen LogP contribution in [-0.2, 0) is 14.8 Å². The molecule has 0 radical (unpaired) electrons. The van der Waals surface area contributed by atoms with Gasteiger partial charge in [0.1, 0.15) is 4.21 Å². The summed E-state index contributed by atoms with van der Waals surface area (Å²) in [5.74, 6) is -0.337. The molecule has 0 aromatic carbocycles. The largest absolute Gasteiger partial charge is 0.302 e. The highest BCUT2D eigenvalue weighted by atomic mass is 35.5. The van der Waals surface area contributed by atoms with E-state index in [9.17, 15) is 13.2 Å². The first-order valence-corrected chi connectivity index (χ1v) is 12.9. The first kappa shape index (κ1) is 20.0. The van der Waals surface area contributed by atoms with Gasteiger partial charge in [0.15, 0.2) is 5.13 Å². The number of hydrogen-bond donors (Lipinski definition) is 1. The molecule has 1 fully saturated rings. The molecule has 1 saturated heterocycles. The smallest absolute Gasteiger partial charge is 0.252 e. The van der Waals surface area contributed by atoms with Crippen LogP contribution in [0.1, 0.15) is 12.8 Å². The Bertz CT molecular complexity index is 1070. The SMILES string of the molecule is O=C(Nc1nc(-c2cccs2)cs1)C1CCN(S(=O)(=O)c2ccc(Cl)s2)CC1. The zero-order chi connectivity index (χ0) is 19.7. The van der Waals surface area contributed by atoms with E-state index in [0.717, 1.165) is 21.9 Å². The van der Waals surface area contributed by atoms with Crippen molar-refractivity contribution in [3.05, 3.63) is 39.4 Å². The van der Waals surface area contributed by atoms with Crippen molar-refractivity contribution in [2.24, 2.45) is 5.92 Å². The van der Waals surface area contributed by atoms with Crippen LogP contribution in [0.2, 0.25) is 4.34 Å². The molecule has 0 aliphatic carbocycles. The molecule has 11 heteroatoms. The monoisotopic (exact) mass is 473 g/mol. The lowest BCUT2D eigenvalue weighted by molar-refractivity contribution is -0.120. The number of amides is 1. The van der Waals surface area contributed by atoms with Gasteiger partial charge >= 0.3 is 0 Å². The van der Waals surface area contributed by atoms with Gasteiger partial charge in [-0.3, -0.25) is 4.79 Å². The van der Waals surface area contributed by atoms with E-state index in [2.05, 4.69) is 10.3 Å². The lowest BCUT2D eigenvalue weighted by Gasteiger charge is -2.29. The number of sulfonamides is 1. The van der Waals surface area contributed by atoms with Gasteiger partial charge < -0.3 is 5.32 Å². The number of aromatic nitrogens is 1. The Hall–Kier alpha value is -1.30. The van der Waals surface area contributed by atoms with Gasteiger partial charge in [-0.1, -0.05) is 17.7 Å². The van der Waals surface area contributed by atoms with Crippen LogP contribution in [0.15, 0.2) is 39.2 Å². The topological polar surface area (TPSA) is 79.4 Å². The number of carbonyl (C=O) groups excluding carboxylic acids is 1. The highest BCUT2D eigenvalue weighted by Crippen LogP contribution is 2.32. The fourth-order valence-electron chi connectivity index (χ4n) is 3.00. The molecule has 1 aliphatic heterocycles. The minimum atomic E-state index is -3.54. The average molecular weight is 474 g/mol. The van der Waals surface area contributed by atoms with Gasteiger partial charge in [-0.2, -0.15) is 4.31 Å². The minimum absolute atomic E-state index is 0.108. The van der Waals surface area contributed by atoms with Crippen LogP contribution >= 0.6 is 45.6 Å².